The number of hydrogen-bond acceptors (Lipinski definition) is 5. The average Bonchev–Trinajstić information content (AvgIpc) is 3.09. The van der Waals surface area contributed by atoms with Crippen molar-refractivity contribution in [1.29, 1.82) is 0 Å². The highest BCUT2D eigenvalue weighted by atomic mass is 16.4. The fourth-order valence-corrected chi connectivity index (χ4v) is 6.49. The molecular weight excluding hydrogens is 352 g/mol. The Morgan fingerprint density at radius 2 is 1.75 bits per heavy atom. The molecule has 1 amide bonds. The van der Waals surface area contributed by atoms with Crippen molar-refractivity contribution < 1.29 is 9.21 Å². The molecule has 4 saturated carbocycles. The molecule has 0 spiro atoms. The van der Waals surface area contributed by atoms with Crippen LogP contribution in [-0.4, -0.2) is 41.1 Å². The molecular formula is C22H28N4O2. The molecule has 0 unspecified atom stereocenters. The summed E-state index contributed by atoms with van der Waals surface area (Å²) in [6.45, 7) is 1.37. The predicted octanol–water partition coefficient (Wildman–Crippen LogP) is 3.82. The van der Waals surface area contributed by atoms with Crippen LogP contribution in [0.25, 0.3) is 11.5 Å². The second kappa shape index (κ2) is 6.99. The summed E-state index contributed by atoms with van der Waals surface area (Å²) in [6, 6.07) is 9.72. The molecule has 0 aliphatic heterocycles. The Labute approximate surface area is 165 Å². The molecule has 1 aromatic heterocycles. The summed E-state index contributed by atoms with van der Waals surface area (Å²) in [5, 5.41) is 10.7. The van der Waals surface area contributed by atoms with Crippen LogP contribution in [0.3, 0.4) is 0 Å². The Hall–Kier alpha value is -2.21. The summed E-state index contributed by atoms with van der Waals surface area (Å²) >= 11 is 0. The van der Waals surface area contributed by atoms with Gasteiger partial charge in [-0.2, -0.15) is 0 Å². The molecule has 28 heavy (non-hydrogen) atoms. The van der Waals surface area contributed by atoms with Gasteiger partial charge in [-0.3, -0.25) is 15.0 Å². The molecule has 0 atom stereocenters. The fourth-order valence-electron chi connectivity index (χ4n) is 6.49. The first-order valence-corrected chi connectivity index (χ1v) is 10.4. The van der Waals surface area contributed by atoms with Gasteiger partial charge in [-0.1, -0.05) is 23.3 Å². The van der Waals surface area contributed by atoms with Crippen molar-refractivity contribution in [2.75, 3.05) is 25.5 Å². The average molecular weight is 380 g/mol. The fraction of sp³-hybridized carbons (Fsp3) is 0.591. The lowest BCUT2D eigenvalue weighted by Crippen LogP contribution is -2.51. The summed E-state index contributed by atoms with van der Waals surface area (Å²) in [6.07, 6.45) is 8.41. The first-order valence-electron chi connectivity index (χ1n) is 10.4. The number of nitrogens with zero attached hydrogens (tertiary/aromatic N) is 3. The minimum atomic E-state index is -0.101. The SMILES string of the molecule is CN(CC(=O)Nc1nnc(-c2ccccc2)o1)CC12CC3CC(CC(C3)C1)C2. The summed E-state index contributed by atoms with van der Waals surface area (Å²) in [5.41, 5.74) is 1.28. The number of benzene rings is 1. The number of aromatic nitrogens is 2. The first kappa shape index (κ1) is 17.9. The van der Waals surface area contributed by atoms with Crippen LogP contribution in [0, 0.1) is 23.2 Å². The summed E-state index contributed by atoms with van der Waals surface area (Å²) < 4.78 is 5.58. The van der Waals surface area contributed by atoms with Crippen LogP contribution < -0.4 is 5.32 Å². The van der Waals surface area contributed by atoms with Gasteiger partial charge in [0, 0.05) is 12.1 Å². The Bertz CT molecular complexity index is 812. The van der Waals surface area contributed by atoms with Crippen molar-refractivity contribution in [2.45, 2.75) is 38.5 Å². The number of amides is 1. The predicted molar refractivity (Wildman–Crippen MR) is 106 cm³/mol. The summed E-state index contributed by atoms with van der Waals surface area (Å²) in [7, 11) is 2.06. The second-order valence-corrected chi connectivity index (χ2v) is 9.42. The van der Waals surface area contributed by atoms with E-state index >= 15 is 0 Å². The van der Waals surface area contributed by atoms with Gasteiger partial charge >= 0.3 is 6.01 Å². The third-order valence-corrected chi connectivity index (χ3v) is 6.88. The highest BCUT2D eigenvalue weighted by molar-refractivity contribution is 5.90. The van der Waals surface area contributed by atoms with Gasteiger partial charge in [-0.05, 0) is 80.9 Å². The van der Waals surface area contributed by atoms with Gasteiger partial charge in [0.15, 0.2) is 0 Å². The molecule has 6 rings (SSSR count). The van der Waals surface area contributed by atoms with E-state index in [0.29, 0.717) is 17.9 Å². The van der Waals surface area contributed by atoms with Crippen LogP contribution in [0.15, 0.2) is 34.7 Å². The molecule has 6 nitrogen and oxygen atoms in total. The van der Waals surface area contributed by atoms with E-state index in [0.717, 1.165) is 29.9 Å². The van der Waals surface area contributed by atoms with E-state index < -0.39 is 0 Å². The number of carbonyl (C=O) groups is 1. The lowest BCUT2D eigenvalue weighted by molar-refractivity contribution is -0.118. The normalized spacial score (nSPS) is 30.7. The van der Waals surface area contributed by atoms with E-state index in [4.69, 9.17) is 4.42 Å². The molecule has 0 saturated heterocycles. The monoisotopic (exact) mass is 380 g/mol. The van der Waals surface area contributed by atoms with Crippen LogP contribution in [0.2, 0.25) is 0 Å². The Morgan fingerprint density at radius 3 is 2.39 bits per heavy atom. The standard InChI is InChI=1S/C22H28N4O2/c1-26(14-22-10-15-7-16(11-22)9-17(8-15)12-22)13-19(27)23-21-25-24-20(28-21)18-5-3-2-4-6-18/h2-6,15-17H,7-14H2,1H3,(H,23,25,27). The van der Waals surface area contributed by atoms with Gasteiger partial charge < -0.3 is 4.42 Å². The van der Waals surface area contributed by atoms with E-state index in [1.54, 1.807) is 0 Å². The van der Waals surface area contributed by atoms with Crippen molar-refractivity contribution in [3.63, 3.8) is 0 Å². The van der Waals surface area contributed by atoms with Crippen molar-refractivity contribution in [3.05, 3.63) is 30.3 Å². The summed E-state index contributed by atoms with van der Waals surface area (Å²) in [5.74, 6) is 3.11. The van der Waals surface area contributed by atoms with Gasteiger partial charge in [-0.25, -0.2) is 0 Å². The van der Waals surface area contributed by atoms with Gasteiger partial charge in [0.1, 0.15) is 0 Å². The molecule has 4 bridgehead atoms. The third kappa shape index (κ3) is 3.58. The maximum absolute atomic E-state index is 12.5. The quantitative estimate of drug-likeness (QED) is 0.825. The number of hydrogen-bond donors (Lipinski definition) is 1. The molecule has 1 heterocycles. The largest absolute Gasteiger partial charge is 0.403 e. The highest BCUT2D eigenvalue weighted by Crippen LogP contribution is 2.60. The highest BCUT2D eigenvalue weighted by Gasteiger charge is 2.51. The van der Waals surface area contributed by atoms with E-state index in [9.17, 15) is 4.79 Å². The van der Waals surface area contributed by atoms with Crippen LogP contribution in [-0.2, 0) is 4.79 Å². The zero-order valence-electron chi connectivity index (χ0n) is 16.4. The third-order valence-electron chi connectivity index (χ3n) is 6.88. The maximum atomic E-state index is 12.5. The van der Waals surface area contributed by atoms with Gasteiger partial charge in [0.2, 0.25) is 11.8 Å². The van der Waals surface area contributed by atoms with Crippen molar-refractivity contribution in [1.82, 2.24) is 15.1 Å². The van der Waals surface area contributed by atoms with Gasteiger partial charge in [0.05, 0.1) is 6.54 Å². The lowest BCUT2D eigenvalue weighted by Gasteiger charge is -2.57. The zero-order chi connectivity index (χ0) is 19.1. The van der Waals surface area contributed by atoms with E-state index in [1.807, 2.05) is 30.3 Å². The second-order valence-electron chi connectivity index (χ2n) is 9.42. The molecule has 1 N–H and O–H groups in total. The Morgan fingerprint density at radius 1 is 1.11 bits per heavy atom. The molecule has 2 aromatic rings. The molecule has 1 aromatic carbocycles. The Kier molecular flexibility index (Phi) is 4.46. The van der Waals surface area contributed by atoms with Crippen LogP contribution in [0.5, 0.6) is 0 Å². The van der Waals surface area contributed by atoms with Gasteiger partial charge in [0.25, 0.3) is 0 Å². The zero-order valence-corrected chi connectivity index (χ0v) is 16.4. The van der Waals surface area contributed by atoms with Crippen LogP contribution in [0.4, 0.5) is 6.01 Å². The Balaban J connectivity index is 1.17. The topological polar surface area (TPSA) is 71.3 Å². The molecule has 148 valence electrons. The van der Waals surface area contributed by atoms with Crippen molar-refractivity contribution in [3.8, 4) is 11.5 Å². The smallest absolute Gasteiger partial charge is 0.322 e. The molecule has 6 heteroatoms. The number of likely N-dealkylation sites (N-methyl/N-ethyl adjacent to an activating group) is 1. The summed E-state index contributed by atoms with van der Waals surface area (Å²) in [4.78, 5) is 14.7. The first-order chi connectivity index (χ1) is 13.6. The number of carbonyl (C=O) groups excluding carboxylic acids is 1. The van der Waals surface area contributed by atoms with E-state index in [-0.39, 0.29) is 11.9 Å². The van der Waals surface area contributed by atoms with Crippen LogP contribution in [0.1, 0.15) is 38.5 Å². The molecule has 0 radical (unpaired) electrons. The number of rotatable bonds is 6. The van der Waals surface area contributed by atoms with E-state index in [1.165, 1.54) is 38.5 Å². The maximum Gasteiger partial charge on any atom is 0.322 e. The van der Waals surface area contributed by atoms with Crippen LogP contribution >= 0.6 is 0 Å². The minimum absolute atomic E-state index is 0.101. The molecule has 4 aliphatic carbocycles. The van der Waals surface area contributed by atoms with Crippen molar-refractivity contribution >= 4 is 11.9 Å². The molecule has 4 fully saturated rings. The number of anilines is 1. The lowest BCUT2D eigenvalue weighted by atomic mass is 9.49. The molecule has 4 aliphatic rings. The van der Waals surface area contributed by atoms with E-state index in [2.05, 4.69) is 27.5 Å². The minimum Gasteiger partial charge on any atom is -0.403 e. The van der Waals surface area contributed by atoms with Gasteiger partial charge in [-0.15, -0.1) is 5.10 Å². The van der Waals surface area contributed by atoms with Crippen molar-refractivity contribution in [2.24, 2.45) is 23.2 Å². The number of nitrogens with one attached hydrogen (secondary N) is 1.